The Balaban J connectivity index is 1.96. The third-order valence-electron chi connectivity index (χ3n) is 3.06. The van der Waals surface area contributed by atoms with Crippen LogP contribution in [0, 0.1) is 11.6 Å². The van der Waals surface area contributed by atoms with Crippen molar-refractivity contribution in [3.8, 4) is 5.75 Å². The number of carbonyl (C=O) groups is 2. The lowest BCUT2D eigenvalue weighted by Gasteiger charge is -2.12. The molecular formula is C17H16F2N2O3. The first-order valence-electron chi connectivity index (χ1n) is 7.06. The van der Waals surface area contributed by atoms with Crippen LogP contribution in [0.3, 0.4) is 0 Å². The average Bonchev–Trinajstić information content (AvgIpc) is 2.55. The van der Waals surface area contributed by atoms with E-state index in [0.717, 1.165) is 12.1 Å². The minimum absolute atomic E-state index is 0.0422. The van der Waals surface area contributed by atoms with Gasteiger partial charge >= 0.3 is 0 Å². The van der Waals surface area contributed by atoms with Crippen LogP contribution in [0.25, 0.3) is 0 Å². The van der Waals surface area contributed by atoms with Crippen LogP contribution in [0.2, 0.25) is 0 Å². The summed E-state index contributed by atoms with van der Waals surface area (Å²) in [4.78, 5) is 25.2. The lowest BCUT2D eigenvalue weighted by atomic mass is 10.2. The summed E-state index contributed by atoms with van der Waals surface area (Å²) < 4.78 is 30.9. The van der Waals surface area contributed by atoms with E-state index in [4.69, 9.17) is 4.74 Å². The molecule has 0 aliphatic rings. The molecule has 2 rings (SSSR count). The van der Waals surface area contributed by atoms with Crippen LogP contribution < -0.4 is 10.1 Å². The Bertz CT molecular complexity index is 763. The van der Waals surface area contributed by atoms with E-state index in [1.165, 1.54) is 17.0 Å². The van der Waals surface area contributed by atoms with Gasteiger partial charge in [-0.25, -0.2) is 8.78 Å². The Kier molecular flexibility index (Phi) is 5.47. The first kappa shape index (κ1) is 17.4. The molecule has 5 nitrogen and oxygen atoms in total. The van der Waals surface area contributed by atoms with E-state index in [-0.39, 0.29) is 18.3 Å². The van der Waals surface area contributed by atoms with Crippen LogP contribution in [0.5, 0.6) is 5.75 Å². The number of carbonyl (C=O) groups excluding carboxylic acids is 2. The maximum absolute atomic E-state index is 13.0. The second kappa shape index (κ2) is 7.54. The SMILES string of the molecule is CN(C)C(=O)c1cccc(NC(=O)COc2ccc(F)c(F)c2)c1. The van der Waals surface area contributed by atoms with Crippen LogP contribution in [0.1, 0.15) is 10.4 Å². The van der Waals surface area contributed by atoms with Crippen LogP contribution >= 0.6 is 0 Å². The molecule has 0 fully saturated rings. The predicted molar refractivity (Wildman–Crippen MR) is 84.9 cm³/mol. The van der Waals surface area contributed by atoms with E-state index in [1.807, 2.05) is 0 Å². The summed E-state index contributed by atoms with van der Waals surface area (Å²) in [6.45, 7) is -0.378. The van der Waals surface area contributed by atoms with Gasteiger partial charge in [0.1, 0.15) is 5.75 Å². The van der Waals surface area contributed by atoms with Crippen molar-refractivity contribution in [1.82, 2.24) is 4.90 Å². The molecule has 24 heavy (non-hydrogen) atoms. The molecule has 1 N–H and O–H groups in total. The Morgan fingerprint density at radius 2 is 1.83 bits per heavy atom. The van der Waals surface area contributed by atoms with Gasteiger partial charge in [-0.05, 0) is 30.3 Å². The molecule has 0 saturated carbocycles. The Morgan fingerprint density at radius 3 is 2.50 bits per heavy atom. The number of nitrogens with zero attached hydrogens (tertiary/aromatic N) is 1. The molecule has 0 saturated heterocycles. The molecule has 2 amide bonds. The van der Waals surface area contributed by atoms with Crippen molar-refractivity contribution in [2.75, 3.05) is 26.0 Å². The largest absolute Gasteiger partial charge is 0.484 e. The number of benzene rings is 2. The van der Waals surface area contributed by atoms with Gasteiger partial charge in [-0.3, -0.25) is 9.59 Å². The first-order chi connectivity index (χ1) is 11.4. The van der Waals surface area contributed by atoms with Gasteiger partial charge in [0.05, 0.1) is 0 Å². The van der Waals surface area contributed by atoms with Gasteiger partial charge in [-0.1, -0.05) is 6.07 Å². The summed E-state index contributed by atoms with van der Waals surface area (Å²) in [5.74, 6) is -2.68. The standard InChI is InChI=1S/C17H16F2N2O3/c1-21(2)17(23)11-4-3-5-12(8-11)20-16(22)10-24-13-6-7-14(18)15(19)9-13/h3-9H,10H2,1-2H3,(H,20,22). The Labute approximate surface area is 137 Å². The number of anilines is 1. The van der Waals surface area contributed by atoms with Gasteiger partial charge in [-0.2, -0.15) is 0 Å². The zero-order valence-electron chi connectivity index (χ0n) is 13.2. The van der Waals surface area contributed by atoms with Crippen LogP contribution in [-0.4, -0.2) is 37.4 Å². The lowest BCUT2D eigenvalue weighted by molar-refractivity contribution is -0.118. The number of hydrogen-bond acceptors (Lipinski definition) is 3. The van der Waals surface area contributed by atoms with Crippen LogP contribution in [0.4, 0.5) is 14.5 Å². The molecule has 0 aliphatic carbocycles. The van der Waals surface area contributed by atoms with Crippen molar-refractivity contribution in [2.24, 2.45) is 0 Å². The molecule has 0 aromatic heterocycles. The quantitative estimate of drug-likeness (QED) is 0.915. The molecular weight excluding hydrogens is 318 g/mol. The van der Waals surface area contributed by atoms with Crippen molar-refractivity contribution in [3.05, 3.63) is 59.7 Å². The fourth-order valence-corrected chi connectivity index (χ4v) is 1.90. The number of nitrogens with one attached hydrogen (secondary N) is 1. The molecule has 0 atom stereocenters. The van der Waals surface area contributed by atoms with Gasteiger partial charge in [-0.15, -0.1) is 0 Å². The topological polar surface area (TPSA) is 58.6 Å². The van der Waals surface area contributed by atoms with Crippen molar-refractivity contribution in [2.45, 2.75) is 0 Å². The number of hydrogen-bond donors (Lipinski definition) is 1. The van der Waals surface area contributed by atoms with E-state index >= 15 is 0 Å². The molecule has 0 radical (unpaired) electrons. The van der Waals surface area contributed by atoms with Gasteiger partial charge in [0.2, 0.25) is 0 Å². The summed E-state index contributed by atoms with van der Waals surface area (Å²) in [7, 11) is 3.26. The lowest BCUT2D eigenvalue weighted by Crippen LogP contribution is -2.23. The average molecular weight is 334 g/mol. The molecule has 0 heterocycles. The number of halogens is 2. The molecule has 2 aromatic carbocycles. The summed E-state index contributed by atoms with van der Waals surface area (Å²) in [6, 6.07) is 9.44. The minimum atomic E-state index is -1.05. The maximum Gasteiger partial charge on any atom is 0.262 e. The van der Waals surface area contributed by atoms with E-state index in [2.05, 4.69) is 5.32 Å². The second-order valence-corrected chi connectivity index (χ2v) is 5.19. The second-order valence-electron chi connectivity index (χ2n) is 5.19. The Morgan fingerprint density at radius 1 is 1.08 bits per heavy atom. The summed E-state index contributed by atoms with van der Waals surface area (Å²) in [5, 5.41) is 2.57. The van der Waals surface area contributed by atoms with Crippen molar-refractivity contribution >= 4 is 17.5 Å². The molecule has 0 spiro atoms. The van der Waals surface area contributed by atoms with Crippen LogP contribution in [-0.2, 0) is 4.79 Å². The third-order valence-corrected chi connectivity index (χ3v) is 3.06. The highest BCUT2D eigenvalue weighted by Crippen LogP contribution is 2.16. The predicted octanol–water partition coefficient (Wildman–Crippen LogP) is 2.68. The highest BCUT2D eigenvalue weighted by Gasteiger charge is 2.10. The summed E-state index contributed by atoms with van der Waals surface area (Å²) in [5.41, 5.74) is 0.862. The fourth-order valence-electron chi connectivity index (χ4n) is 1.90. The zero-order valence-corrected chi connectivity index (χ0v) is 13.2. The minimum Gasteiger partial charge on any atom is -0.484 e. The van der Waals surface area contributed by atoms with E-state index in [9.17, 15) is 18.4 Å². The van der Waals surface area contributed by atoms with Gasteiger partial charge < -0.3 is 15.0 Å². The van der Waals surface area contributed by atoms with E-state index < -0.39 is 17.5 Å². The fraction of sp³-hybridized carbons (Fsp3) is 0.176. The van der Waals surface area contributed by atoms with Crippen molar-refractivity contribution in [1.29, 1.82) is 0 Å². The summed E-state index contributed by atoms with van der Waals surface area (Å²) in [6.07, 6.45) is 0. The molecule has 0 bridgehead atoms. The highest BCUT2D eigenvalue weighted by atomic mass is 19.2. The third kappa shape index (κ3) is 4.52. The molecule has 7 heteroatoms. The van der Waals surface area contributed by atoms with Crippen molar-refractivity contribution in [3.63, 3.8) is 0 Å². The maximum atomic E-state index is 13.0. The number of rotatable bonds is 5. The first-order valence-corrected chi connectivity index (χ1v) is 7.06. The van der Waals surface area contributed by atoms with E-state index in [1.54, 1.807) is 32.3 Å². The highest BCUT2D eigenvalue weighted by molar-refractivity contribution is 5.97. The Hall–Kier alpha value is -2.96. The van der Waals surface area contributed by atoms with E-state index in [0.29, 0.717) is 11.3 Å². The zero-order chi connectivity index (χ0) is 17.7. The van der Waals surface area contributed by atoms with Gasteiger partial charge in [0, 0.05) is 31.4 Å². The van der Waals surface area contributed by atoms with Gasteiger partial charge in [0.25, 0.3) is 11.8 Å². The monoisotopic (exact) mass is 334 g/mol. The normalized spacial score (nSPS) is 10.2. The molecule has 2 aromatic rings. The van der Waals surface area contributed by atoms with Crippen LogP contribution in [0.15, 0.2) is 42.5 Å². The van der Waals surface area contributed by atoms with Gasteiger partial charge in [0.15, 0.2) is 18.2 Å². The molecule has 0 unspecified atom stereocenters. The summed E-state index contributed by atoms with van der Waals surface area (Å²) >= 11 is 0. The smallest absolute Gasteiger partial charge is 0.262 e. The number of ether oxygens (including phenoxy) is 1. The molecule has 0 aliphatic heterocycles. The number of amides is 2. The van der Waals surface area contributed by atoms with Crippen molar-refractivity contribution < 1.29 is 23.1 Å². The molecule has 126 valence electrons.